The molecule has 3 nitrogen and oxygen atoms in total. The van der Waals surface area contributed by atoms with Gasteiger partial charge in [-0.05, 0) is 26.2 Å². The second-order valence-electron chi connectivity index (χ2n) is 3.72. The molecular formula is C12H23NO2. The van der Waals surface area contributed by atoms with Crippen molar-refractivity contribution in [2.75, 3.05) is 13.1 Å². The van der Waals surface area contributed by atoms with E-state index in [0.29, 0.717) is 5.57 Å². The van der Waals surface area contributed by atoms with Crippen LogP contribution < -0.4 is 0 Å². The molecule has 0 fully saturated rings. The lowest BCUT2D eigenvalue weighted by Gasteiger charge is -2.27. The number of hydrogen-bond donors (Lipinski definition) is 1. The molecule has 0 rings (SSSR count). The van der Waals surface area contributed by atoms with Crippen molar-refractivity contribution in [2.45, 2.75) is 47.0 Å². The Labute approximate surface area is 92.8 Å². The zero-order valence-corrected chi connectivity index (χ0v) is 10.3. The van der Waals surface area contributed by atoms with E-state index < -0.39 is 5.97 Å². The summed E-state index contributed by atoms with van der Waals surface area (Å²) in [6.07, 6.45) is 2.89. The summed E-state index contributed by atoms with van der Waals surface area (Å²) >= 11 is 0. The predicted octanol–water partition coefficient (Wildman–Crippen LogP) is 2.88. The summed E-state index contributed by atoms with van der Waals surface area (Å²) in [5.74, 6) is -0.802. The maximum Gasteiger partial charge on any atom is 0.333 e. The van der Waals surface area contributed by atoms with Gasteiger partial charge in [0.25, 0.3) is 0 Å². The minimum Gasteiger partial charge on any atom is -0.478 e. The molecule has 0 aromatic rings. The van der Waals surface area contributed by atoms with E-state index in [1.807, 2.05) is 6.92 Å². The molecule has 0 aliphatic carbocycles. The number of carboxylic acid groups (broad SMARTS) is 1. The van der Waals surface area contributed by atoms with Gasteiger partial charge in [-0.25, -0.2) is 4.79 Å². The van der Waals surface area contributed by atoms with Crippen LogP contribution in [0.2, 0.25) is 0 Å². The third-order valence-electron chi connectivity index (χ3n) is 2.46. The smallest absolute Gasteiger partial charge is 0.333 e. The Morgan fingerprint density at radius 1 is 1.13 bits per heavy atom. The molecule has 0 aliphatic rings. The number of carbonyl (C=O) groups is 1. The third-order valence-corrected chi connectivity index (χ3v) is 2.46. The predicted molar refractivity (Wildman–Crippen MR) is 62.8 cm³/mol. The molecule has 15 heavy (non-hydrogen) atoms. The zero-order valence-electron chi connectivity index (χ0n) is 10.3. The van der Waals surface area contributed by atoms with Gasteiger partial charge in [0.2, 0.25) is 0 Å². The lowest BCUT2D eigenvalue weighted by molar-refractivity contribution is -0.132. The SMILES string of the molecule is CCCN(CCC)C(CC)=C(C)C(=O)O. The Morgan fingerprint density at radius 3 is 1.87 bits per heavy atom. The fraction of sp³-hybridized carbons (Fsp3) is 0.750. The molecule has 1 N–H and O–H groups in total. The highest BCUT2D eigenvalue weighted by atomic mass is 16.4. The lowest BCUT2D eigenvalue weighted by atomic mass is 10.1. The molecule has 88 valence electrons. The minimum absolute atomic E-state index is 0.486. The van der Waals surface area contributed by atoms with Gasteiger partial charge in [0.1, 0.15) is 0 Å². The Hall–Kier alpha value is -0.990. The molecule has 0 amide bonds. The van der Waals surface area contributed by atoms with Gasteiger partial charge >= 0.3 is 5.97 Å². The first kappa shape index (κ1) is 14.0. The molecule has 0 atom stereocenters. The van der Waals surface area contributed by atoms with Gasteiger partial charge in [-0.1, -0.05) is 20.8 Å². The van der Waals surface area contributed by atoms with E-state index in [2.05, 4.69) is 18.7 Å². The molecule has 0 aliphatic heterocycles. The van der Waals surface area contributed by atoms with Crippen LogP contribution >= 0.6 is 0 Å². The molecule has 0 saturated heterocycles. The van der Waals surface area contributed by atoms with Crippen LogP contribution in [-0.2, 0) is 4.79 Å². The van der Waals surface area contributed by atoms with Crippen molar-refractivity contribution in [1.29, 1.82) is 0 Å². The Bertz CT molecular complexity index is 228. The lowest BCUT2D eigenvalue weighted by Crippen LogP contribution is -2.26. The number of allylic oxidation sites excluding steroid dienone is 1. The molecule has 0 heterocycles. The van der Waals surface area contributed by atoms with Crippen molar-refractivity contribution >= 4 is 5.97 Å². The first-order chi connectivity index (χ1) is 7.08. The van der Waals surface area contributed by atoms with E-state index in [-0.39, 0.29) is 0 Å². The fourth-order valence-electron chi connectivity index (χ4n) is 1.77. The van der Waals surface area contributed by atoms with Crippen molar-refractivity contribution in [3.8, 4) is 0 Å². The average Bonchev–Trinajstić information content (AvgIpc) is 2.19. The molecule has 0 aromatic heterocycles. The number of hydrogen-bond acceptors (Lipinski definition) is 2. The van der Waals surface area contributed by atoms with Crippen molar-refractivity contribution in [1.82, 2.24) is 4.90 Å². The maximum atomic E-state index is 10.9. The van der Waals surface area contributed by atoms with Gasteiger partial charge in [0.05, 0.1) is 5.57 Å². The molecule has 0 spiro atoms. The Morgan fingerprint density at radius 2 is 1.60 bits per heavy atom. The Kier molecular flexibility index (Phi) is 6.84. The Balaban J connectivity index is 4.86. The fourth-order valence-corrected chi connectivity index (χ4v) is 1.77. The molecule has 3 heteroatoms. The summed E-state index contributed by atoms with van der Waals surface area (Å²) < 4.78 is 0. The molecule has 0 radical (unpaired) electrons. The van der Waals surface area contributed by atoms with Crippen LogP contribution in [0.1, 0.15) is 47.0 Å². The van der Waals surface area contributed by atoms with Crippen LogP contribution in [0.15, 0.2) is 11.3 Å². The van der Waals surface area contributed by atoms with Gasteiger partial charge in [-0.3, -0.25) is 0 Å². The van der Waals surface area contributed by atoms with Crippen molar-refractivity contribution in [3.05, 3.63) is 11.3 Å². The van der Waals surface area contributed by atoms with E-state index in [1.165, 1.54) is 0 Å². The third kappa shape index (κ3) is 4.36. The summed E-state index contributed by atoms with van der Waals surface area (Å²) in [6.45, 7) is 9.83. The van der Waals surface area contributed by atoms with Crippen LogP contribution in [0.5, 0.6) is 0 Å². The van der Waals surface area contributed by atoms with Crippen LogP contribution in [-0.4, -0.2) is 29.1 Å². The second kappa shape index (κ2) is 7.32. The van der Waals surface area contributed by atoms with Crippen molar-refractivity contribution < 1.29 is 9.90 Å². The molecular weight excluding hydrogens is 190 g/mol. The van der Waals surface area contributed by atoms with Crippen molar-refractivity contribution in [2.24, 2.45) is 0 Å². The van der Waals surface area contributed by atoms with E-state index in [4.69, 9.17) is 5.11 Å². The number of nitrogens with zero attached hydrogens (tertiary/aromatic N) is 1. The van der Waals surface area contributed by atoms with Gasteiger partial charge in [-0.15, -0.1) is 0 Å². The highest BCUT2D eigenvalue weighted by Crippen LogP contribution is 2.15. The summed E-state index contributed by atoms with van der Waals surface area (Å²) in [5.41, 5.74) is 1.46. The van der Waals surface area contributed by atoms with Gasteiger partial charge in [-0.2, -0.15) is 0 Å². The minimum atomic E-state index is -0.802. The van der Waals surface area contributed by atoms with E-state index in [0.717, 1.165) is 38.0 Å². The maximum absolute atomic E-state index is 10.9. The molecule has 0 bridgehead atoms. The van der Waals surface area contributed by atoms with Crippen LogP contribution in [0.3, 0.4) is 0 Å². The summed E-state index contributed by atoms with van der Waals surface area (Å²) in [6, 6.07) is 0. The van der Waals surface area contributed by atoms with Crippen molar-refractivity contribution in [3.63, 3.8) is 0 Å². The number of aliphatic carboxylic acids is 1. The highest BCUT2D eigenvalue weighted by molar-refractivity contribution is 5.86. The first-order valence-corrected chi connectivity index (χ1v) is 5.76. The topological polar surface area (TPSA) is 40.5 Å². The average molecular weight is 213 g/mol. The van der Waals surface area contributed by atoms with E-state index in [9.17, 15) is 4.79 Å². The van der Waals surface area contributed by atoms with E-state index in [1.54, 1.807) is 6.92 Å². The van der Waals surface area contributed by atoms with E-state index >= 15 is 0 Å². The quantitative estimate of drug-likeness (QED) is 0.661. The molecule has 0 aromatic carbocycles. The summed E-state index contributed by atoms with van der Waals surface area (Å²) in [5, 5.41) is 8.98. The second-order valence-corrected chi connectivity index (χ2v) is 3.72. The van der Waals surface area contributed by atoms with Crippen LogP contribution in [0.25, 0.3) is 0 Å². The van der Waals surface area contributed by atoms with Gasteiger partial charge in [0.15, 0.2) is 0 Å². The number of rotatable bonds is 7. The summed E-state index contributed by atoms with van der Waals surface area (Å²) in [4.78, 5) is 13.1. The standard InChI is InChI=1S/C12H23NO2/c1-5-8-13(9-6-2)11(7-3)10(4)12(14)15/h5-9H2,1-4H3,(H,14,15). The first-order valence-electron chi connectivity index (χ1n) is 5.76. The van der Waals surface area contributed by atoms with Crippen LogP contribution in [0.4, 0.5) is 0 Å². The van der Waals surface area contributed by atoms with Gasteiger partial charge < -0.3 is 10.0 Å². The largest absolute Gasteiger partial charge is 0.478 e. The molecule has 0 saturated carbocycles. The summed E-state index contributed by atoms with van der Waals surface area (Å²) in [7, 11) is 0. The van der Waals surface area contributed by atoms with Gasteiger partial charge in [0, 0.05) is 18.8 Å². The molecule has 0 unspecified atom stereocenters. The highest BCUT2D eigenvalue weighted by Gasteiger charge is 2.13. The zero-order chi connectivity index (χ0) is 11.8. The van der Waals surface area contributed by atoms with Crippen LogP contribution in [0, 0.1) is 0 Å². The monoisotopic (exact) mass is 213 g/mol. The normalized spacial score (nSPS) is 12.3. The number of carboxylic acids is 1.